The molecule has 0 bridgehead atoms. The first kappa shape index (κ1) is 16.3. The van der Waals surface area contributed by atoms with Gasteiger partial charge in [0, 0.05) is 0 Å². The van der Waals surface area contributed by atoms with Crippen molar-refractivity contribution in [2.24, 2.45) is 5.41 Å². The zero-order valence-electron chi connectivity index (χ0n) is 8.13. The number of hydrogen-bond acceptors (Lipinski definition) is 6. The van der Waals surface area contributed by atoms with E-state index in [2.05, 4.69) is 6.58 Å². The molecule has 0 saturated heterocycles. The first-order chi connectivity index (χ1) is 6.89. The van der Waals surface area contributed by atoms with E-state index in [4.69, 9.17) is 30.6 Å². The molecule has 0 aromatic heterocycles. The number of hydrogen-bond donors (Lipinski definition) is 6. The molecule has 7 nitrogen and oxygen atoms in total. The zero-order chi connectivity index (χ0) is 12.5. The van der Waals surface area contributed by atoms with Crippen molar-refractivity contribution in [3.63, 3.8) is 0 Å². The van der Waals surface area contributed by atoms with Crippen molar-refractivity contribution in [3.05, 3.63) is 12.3 Å². The lowest BCUT2D eigenvalue weighted by Gasteiger charge is -2.23. The van der Waals surface area contributed by atoms with E-state index in [1.54, 1.807) is 0 Å². The molecular formula is C8H16O7. The summed E-state index contributed by atoms with van der Waals surface area (Å²) in [6, 6.07) is 0. The van der Waals surface area contributed by atoms with Crippen LogP contribution in [0.15, 0.2) is 12.3 Å². The maximum absolute atomic E-state index is 9.35. The van der Waals surface area contributed by atoms with Crippen LogP contribution in [-0.4, -0.2) is 63.0 Å². The molecule has 0 aromatic rings. The highest BCUT2D eigenvalue weighted by molar-refractivity contribution is 5.82. The molecule has 0 aliphatic rings. The summed E-state index contributed by atoms with van der Waals surface area (Å²) in [5.74, 6) is -2.20. The Morgan fingerprint density at radius 2 is 1.13 bits per heavy atom. The van der Waals surface area contributed by atoms with E-state index in [9.17, 15) is 4.79 Å². The molecule has 0 aliphatic carbocycles. The van der Waals surface area contributed by atoms with E-state index in [0.29, 0.717) is 0 Å². The van der Waals surface area contributed by atoms with E-state index >= 15 is 0 Å². The third kappa shape index (κ3) is 6.86. The van der Waals surface area contributed by atoms with Crippen molar-refractivity contribution in [3.8, 4) is 0 Å². The van der Waals surface area contributed by atoms with Crippen molar-refractivity contribution >= 4 is 5.97 Å². The van der Waals surface area contributed by atoms with E-state index in [0.717, 1.165) is 0 Å². The monoisotopic (exact) mass is 224 g/mol. The number of aliphatic hydroxyl groups is 5. The molecule has 6 N–H and O–H groups in total. The van der Waals surface area contributed by atoms with Gasteiger partial charge in [-0.15, -0.1) is 0 Å². The highest BCUT2D eigenvalue weighted by atomic mass is 16.4. The summed E-state index contributed by atoms with van der Waals surface area (Å²) in [4.78, 5) is 9.35. The highest BCUT2D eigenvalue weighted by Gasteiger charge is 2.26. The van der Waals surface area contributed by atoms with Crippen LogP contribution in [0.2, 0.25) is 0 Å². The minimum absolute atomic E-state index is 0.406. The average molecular weight is 224 g/mol. The van der Waals surface area contributed by atoms with Gasteiger partial charge < -0.3 is 30.6 Å². The predicted octanol–water partition coefficient (Wildman–Crippen LogP) is -1.92. The number of aliphatic hydroxyl groups excluding tert-OH is 5. The van der Waals surface area contributed by atoms with Gasteiger partial charge in [0.25, 0.3) is 0 Å². The van der Waals surface area contributed by atoms with Gasteiger partial charge in [0.05, 0.1) is 31.8 Å². The second-order valence-corrected chi connectivity index (χ2v) is 2.88. The third-order valence-corrected chi connectivity index (χ3v) is 1.59. The summed E-state index contributed by atoms with van der Waals surface area (Å²) in [6.07, 6.45) is 0. The molecule has 0 atom stereocenters. The van der Waals surface area contributed by atoms with Crippen LogP contribution in [0, 0.1) is 5.41 Å². The van der Waals surface area contributed by atoms with Crippen LogP contribution in [-0.2, 0) is 4.79 Å². The number of carbonyl (C=O) groups is 1. The summed E-state index contributed by atoms with van der Waals surface area (Å²) in [5, 5.41) is 49.5. The topological polar surface area (TPSA) is 138 Å². The van der Waals surface area contributed by atoms with Gasteiger partial charge in [-0.2, -0.15) is 0 Å². The molecule has 15 heavy (non-hydrogen) atoms. The lowest BCUT2D eigenvalue weighted by molar-refractivity contribution is -0.135. The number of rotatable bonds is 5. The fourth-order valence-corrected chi connectivity index (χ4v) is 0.300. The summed E-state index contributed by atoms with van der Waals surface area (Å²) >= 11 is 0. The fraction of sp³-hybridized carbons (Fsp3) is 0.625. The van der Waals surface area contributed by atoms with Crippen LogP contribution in [0.5, 0.6) is 0 Å². The van der Waals surface area contributed by atoms with Crippen LogP contribution in [0.1, 0.15) is 0 Å². The molecule has 0 spiro atoms. The lowest BCUT2D eigenvalue weighted by Crippen LogP contribution is -2.37. The van der Waals surface area contributed by atoms with Crippen LogP contribution in [0.25, 0.3) is 0 Å². The van der Waals surface area contributed by atoms with Crippen LogP contribution in [0.4, 0.5) is 0 Å². The van der Waals surface area contributed by atoms with Gasteiger partial charge in [0.15, 0.2) is 5.76 Å². The normalized spacial score (nSPS) is 10.1. The van der Waals surface area contributed by atoms with E-state index in [1.807, 2.05) is 0 Å². The number of carboxylic acid groups (broad SMARTS) is 1. The van der Waals surface area contributed by atoms with Crippen molar-refractivity contribution < 1.29 is 35.4 Å². The maximum Gasteiger partial charge on any atom is 0.370 e. The van der Waals surface area contributed by atoms with Crippen molar-refractivity contribution in [1.29, 1.82) is 0 Å². The van der Waals surface area contributed by atoms with Crippen molar-refractivity contribution in [1.82, 2.24) is 0 Å². The second-order valence-electron chi connectivity index (χ2n) is 2.88. The molecule has 0 amide bonds. The molecule has 0 rings (SSSR count). The summed E-state index contributed by atoms with van der Waals surface area (Å²) in [7, 11) is 0. The smallest absolute Gasteiger partial charge is 0.370 e. The zero-order valence-corrected chi connectivity index (χ0v) is 8.13. The van der Waals surface area contributed by atoms with Crippen molar-refractivity contribution in [2.45, 2.75) is 0 Å². The fourth-order valence-electron chi connectivity index (χ4n) is 0.300. The van der Waals surface area contributed by atoms with Gasteiger partial charge in [-0.1, -0.05) is 0 Å². The molecule has 7 heteroatoms. The Labute approximate surface area is 86.5 Å². The Balaban J connectivity index is 0. The molecule has 0 fully saturated rings. The number of aliphatic carboxylic acids is 1. The summed E-state index contributed by atoms with van der Waals surface area (Å²) in [5.41, 5.74) is -1.11. The molecule has 0 saturated carbocycles. The van der Waals surface area contributed by atoms with Gasteiger partial charge in [-0.25, -0.2) is 4.79 Å². The van der Waals surface area contributed by atoms with Crippen molar-refractivity contribution in [2.75, 3.05) is 26.4 Å². The van der Waals surface area contributed by atoms with Gasteiger partial charge in [0.2, 0.25) is 0 Å². The number of carboxylic acids is 1. The maximum atomic E-state index is 9.35. The van der Waals surface area contributed by atoms with E-state index in [1.165, 1.54) is 0 Å². The minimum Gasteiger partial charge on any atom is -0.502 e. The van der Waals surface area contributed by atoms with Crippen LogP contribution < -0.4 is 0 Å². The molecule has 0 unspecified atom stereocenters. The molecule has 0 radical (unpaired) electrons. The minimum atomic E-state index is -1.38. The standard InChI is InChI=1S/C5H12O4.C3H4O3/c6-1-5(2-7,3-8)4-9;1-2(4)3(5)6/h6-9H,1-4H2;4H,1H2,(H,5,6). The Morgan fingerprint density at radius 3 is 1.13 bits per heavy atom. The average Bonchev–Trinajstić information content (AvgIpc) is 2.23. The Morgan fingerprint density at radius 1 is 0.933 bits per heavy atom. The van der Waals surface area contributed by atoms with E-state index in [-0.39, 0.29) is 0 Å². The SMILES string of the molecule is C=C(O)C(=O)O.OCC(CO)(CO)CO. The molecule has 0 aliphatic heterocycles. The summed E-state index contributed by atoms with van der Waals surface area (Å²) < 4.78 is 0. The Kier molecular flexibility index (Phi) is 8.88. The Bertz CT molecular complexity index is 168. The van der Waals surface area contributed by atoms with E-state index < -0.39 is 43.6 Å². The molecule has 0 aromatic carbocycles. The Hall–Kier alpha value is -1.15. The third-order valence-electron chi connectivity index (χ3n) is 1.59. The van der Waals surface area contributed by atoms with Gasteiger partial charge in [-0.05, 0) is 6.58 Å². The largest absolute Gasteiger partial charge is 0.502 e. The van der Waals surface area contributed by atoms with Gasteiger partial charge in [0.1, 0.15) is 0 Å². The second kappa shape index (κ2) is 8.18. The molecule has 90 valence electrons. The first-order valence-electron chi connectivity index (χ1n) is 3.93. The van der Waals surface area contributed by atoms with Crippen LogP contribution >= 0.6 is 0 Å². The molecular weight excluding hydrogens is 208 g/mol. The highest BCUT2D eigenvalue weighted by Crippen LogP contribution is 2.11. The molecule has 0 heterocycles. The lowest BCUT2D eigenvalue weighted by atomic mass is 9.93. The quantitative estimate of drug-likeness (QED) is 0.236. The summed E-state index contributed by atoms with van der Waals surface area (Å²) in [6.45, 7) is 1.09. The first-order valence-corrected chi connectivity index (χ1v) is 3.93. The van der Waals surface area contributed by atoms with Crippen LogP contribution in [0.3, 0.4) is 0 Å². The predicted molar refractivity (Wildman–Crippen MR) is 50.2 cm³/mol. The van der Waals surface area contributed by atoms with Gasteiger partial charge >= 0.3 is 5.97 Å². The van der Waals surface area contributed by atoms with Gasteiger partial charge in [-0.3, -0.25) is 0 Å².